The average Bonchev–Trinajstić information content (AvgIpc) is 2.57. The summed E-state index contributed by atoms with van der Waals surface area (Å²) in [6, 6.07) is 4.10. The average molecular weight is 284 g/mol. The van der Waals surface area contributed by atoms with Crippen LogP contribution in [0.2, 0.25) is 0 Å². The molecular weight excluding hydrogens is 267 g/mol. The Kier molecular flexibility index (Phi) is 4.82. The number of benzene rings is 1. The van der Waals surface area contributed by atoms with Crippen LogP contribution in [0.5, 0.6) is 0 Å². The molecule has 0 aliphatic heterocycles. The highest BCUT2D eigenvalue weighted by Crippen LogP contribution is 2.33. The number of thioether (sulfide) groups is 1. The minimum Gasteiger partial charge on any atom is -0.478 e. The van der Waals surface area contributed by atoms with E-state index in [9.17, 15) is 14.3 Å². The van der Waals surface area contributed by atoms with E-state index in [1.165, 1.54) is 23.9 Å². The van der Waals surface area contributed by atoms with Gasteiger partial charge in [-0.1, -0.05) is 19.3 Å². The number of aromatic carboxylic acids is 1. The molecule has 0 aromatic heterocycles. The molecule has 1 aliphatic carbocycles. The lowest BCUT2D eigenvalue weighted by atomic mass is 10.1. The van der Waals surface area contributed by atoms with E-state index < -0.39 is 11.8 Å². The summed E-state index contributed by atoms with van der Waals surface area (Å²) in [5.41, 5.74) is -0.312. The third kappa shape index (κ3) is 3.70. The van der Waals surface area contributed by atoms with Gasteiger partial charge in [-0.3, -0.25) is 0 Å². The van der Waals surface area contributed by atoms with Crippen molar-refractivity contribution in [1.29, 1.82) is 0 Å². The Morgan fingerprint density at radius 2 is 2.00 bits per heavy atom. The second-order valence-corrected chi connectivity index (χ2v) is 6.12. The Bertz CT molecular complexity index is 464. The highest BCUT2D eigenvalue weighted by atomic mass is 32.2. The van der Waals surface area contributed by atoms with Crippen molar-refractivity contribution in [3.8, 4) is 0 Å². The summed E-state index contributed by atoms with van der Waals surface area (Å²) in [5, 5.41) is 19.0. The first kappa shape index (κ1) is 14.3. The molecule has 0 heterocycles. The van der Waals surface area contributed by atoms with Gasteiger partial charge in [0.25, 0.3) is 0 Å². The van der Waals surface area contributed by atoms with Crippen molar-refractivity contribution in [2.45, 2.75) is 48.4 Å². The van der Waals surface area contributed by atoms with Crippen molar-refractivity contribution >= 4 is 17.7 Å². The van der Waals surface area contributed by atoms with E-state index in [2.05, 4.69) is 0 Å². The largest absolute Gasteiger partial charge is 0.478 e. The maximum Gasteiger partial charge on any atom is 0.338 e. The number of carboxylic acid groups (broad SMARTS) is 1. The van der Waals surface area contributed by atoms with Gasteiger partial charge in [0.2, 0.25) is 0 Å². The van der Waals surface area contributed by atoms with Gasteiger partial charge in [0.1, 0.15) is 5.82 Å². The van der Waals surface area contributed by atoms with Gasteiger partial charge in [0.05, 0.1) is 11.7 Å². The van der Waals surface area contributed by atoms with Gasteiger partial charge >= 0.3 is 5.97 Å². The second-order valence-electron chi connectivity index (χ2n) is 4.81. The summed E-state index contributed by atoms with van der Waals surface area (Å²) in [6.07, 6.45) is 4.54. The van der Waals surface area contributed by atoms with E-state index in [1.54, 1.807) is 6.07 Å². The third-order valence-electron chi connectivity index (χ3n) is 3.37. The van der Waals surface area contributed by atoms with Gasteiger partial charge in [0.15, 0.2) is 0 Å². The number of rotatable bonds is 3. The normalized spacial score (nSPS) is 23.9. The second kappa shape index (κ2) is 6.39. The fraction of sp³-hybridized carbons (Fsp3) is 0.500. The Morgan fingerprint density at radius 3 is 2.74 bits per heavy atom. The fourth-order valence-electron chi connectivity index (χ4n) is 2.31. The summed E-state index contributed by atoms with van der Waals surface area (Å²) in [4.78, 5) is 11.6. The van der Waals surface area contributed by atoms with Gasteiger partial charge in [-0.05, 0) is 31.0 Å². The molecule has 1 aromatic rings. The quantitative estimate of drug-likeness (QED) is 0.836. The molecule has 1 saturated carbocycles. The van der Waals surface area contributed by atoms with Crippen molar-refractivity contribution in [2.75, 3.05) is 0 Å². The van der Waals surface area contributed by atoms with E-state index in [4.69, 9.17) is 5.11 Å². The third-order valence-corrected chi connectivity index (χ3v) is 4.75. The lowest BCUT2D eigenvalue weighted by Crippen LogP contribution is -2.21. The SMILES string of the molecule is O=C(O)c1cc(SC2CCCCCC2O)ccc1F. The van der Waals surface area contributed by atoms with Crippen LogP contribution >= 0.6 is 11.8 Å². The van der Waals surface area contributed by atoms with Crippen LogP contribution in [0.4, 0.5) is 4.39 Å². The van der Waals surface area contributed by atoms with E-state index in [0.29, 0.717) is 4.90 Å². The molecule has 5 heteroatoms. The highest BCUT2D eigenvalue weighted by molar-refractivity contribution is 8.00. The molecule has 2 unspecified atom stereocenters. The summed E-state index contributed by atoms with van der Waals surface area (Å²) in [5.74, 6) is -1.99. The molecule has 0 saturated heterocycles. The maximum absolute atomic E-state index is 13.3. The predicted molar refractivity (Wildman–Crippen MR) is 72.1 cm³/mol. The van der Waals surface area contributed by atoms with Gasteiger partial charge in [-0.2, -0.15) is 0 Å². The molecule has 0 radical (unpaired) electrons. The topological polar surface area (TPSA) is 57.5 Å². The van der Waals surface area contributed by atoms with Crippen molar-refractivity contribution < 1.29 is 19.4 Å². The molecule has 19 heavy (non-hydrogen) atoms. The Balaban J connectivity index is 2.13. The predicted octanol–water partition coefficient (Wildman–Crippen LogP) is 3.31. The molecule has 2 atom stereocenters. The highest BCUT2D eigenvalue weighted by Gasteiger charge is 2.23. The van der Waals surface area contributed by atoms with E-state index in [0.717, 1.165) is 32.1 Å². The van der Waals surface area contributed by atoms with Crippen LogP contribution in [-0.4, -0.2) is 27.5 Å². The van der Waals surface area contributed by atoms with Crippen LogP contribution in [0.3, 0.4) is 0 Å². The van der Waals surface area contributed by atoms with Crippen LogP contribution < -0.4 is 0 Å². The van der Waals surface area contributed by atoms with Crippen molar-refractivity contribution in [2.24, 2.45) is 0 Å². The first-order valence-corrected chi connectivity index (χ1v) is 7.33. The zero-order valence-corrected chi connectivity index (χ0v) is 11.3. The summed E-state index contributed by atoms with van der Waals surface area (Å²) < 4.78 is 13.3. The lowest BCUT2D eigenvalue weighted by molar-refractivity contribution is 0.0691. The zero-order chi connectivity index (χ0) is 13.8. The molecule has 2 N–H and O–H groups in total. The van der Waals surface area contributed by atoms with Crippen molar-refractivity contribution in [1.82, 2.24) is 0 Å². The molecule has 0 spiro atoms. The van der Waals surface area contributed by atoms with Crippen molar-refractivity contribution in [3.05, 3.63) is 29.6 Å². The van der Waals surface area contributed by atoms with Crippen LogP contribution in [0.15, 0.2) is 23.1 Å². The van der Waals surface area contributed by atoms with Gasteiger partial charge in [-0.25, -0.2) is 9.18 Å². The van der Waals surface area contributed by atoms with Crippen LogP contribution in [0, 0.1) is 5.82 Å². The molecule has 0 bridgehead atoms. The van der Waals surface area contributed by atoms with E-state index in [1.807, 2.05) is 0 Å². The summed E-state index contributed by atoms with van der Waals surface area (Å²) in [7, 11) is 0. The number of hydrogen-bond donors (Lipinski definition) is 2. The van der Waals surface area contributed by atoms with Crippen LogP contribution in [-0.2, 0) is 0 Å². The van der Waals surface area contributed by atoms with Gasteiger partial charge < -0.3 is 10.2 Å². The standard InChI is InChI=1S/C14H17FO3S/c15-11-7-6-9(8-10(11)14(17)18)19-13-5-3-1-2-4-12(13)16/h6-8,12-13,16H,1-5H2,(H,17,18). The maximum atomic E-state index is 13.3. The molecular formula is C14H17FO3S. The number of aliphatic hydroxyl groups excluding tert-OH is 1. The number of hydrogen-bond acceptors (Lipinski definition) is 3. The Hall–Kier alpha value is -1.07. The first-order chi connectivity index (χ1) is 9.08. The molecule has 3 nitrogen and oxygen atoms in total. The molecule has 104 valence electrons. The Labute approximate surface area is 115 Å². The first-order valence-electron chi connectivity index (χ1n) is 6.45. The van der Waals surface area contributed by atoms with Crippen LogP contribution in [0.25, 0.3) is 0 Å². The summed E-state index contributed by atoms with van der Waals surface area (Å²) >= 11 is 1.45. The number of carboxylic acids is 1. The van der Waals surface area contributed by atoms with Crippen molar-refractivity contribution in [3.63, 3.8) is 0 Å². The minimum atomic E-state index is -1.26. The number of aliphatic hydroxyl groups is 1. The Morgan fingerprint density at radius 1 is 1.26 bits per heavy atom. The molecule has 1 aromatic carbocycles. The number of halogens is 1. The number of carbonyl (C=O) groups is 1. The molecule has 1 fully saturated rings. The zero-order valence-electron chi connectivity index (χ0n) is 10.5. The van der Waals surface area contributed by atoms with Crippen LogP contribution in [0.1, 0.15) is 42.5 Å². The molecule has 1 aliphatic rings. The van der Waals surface area contributed by atoms with E-state index in [-0.39, 0.29) is 16.9 Å². The smallest absolute Gasteiger partial charge is 0.338 e. The fourth-order valence-corrected chi connectivity index (χ4v) is 3.57. The van der Waals surface area contributed by atoms with E-state index >= 15 is 0 Å². The summed E-state index contributed by atoms with van der Waals surface area (Å²) in [6.45, 7) is 0. The molecule has 2 rings (SSSR count). The monoisotopic (exact) mass is 284 g/mol. The lowest BCUT2D eigenvalue weighted by Gasteiger charge is -2.19. The minimum absolute atomic E-state index is 0.0645. The van der Waals surface area contributed by atoms with Gasteiger partial charge in [-0.15, -0.1) is 11.8 Å². The van der Waals surface area contributed by atoms with Gasteiger partial charge in [0, 0.05) is 10.1 Å². The molecule has 0 amide bonds.